The highest BCUT2D eigenvalue weighted by molar-refractivity contribution is 4.92. The number of hydrogen-bond donors (Lipinski definition) is 0. The summed E-state index contributed by atoms with van der Waals surface area (Å²) >= 11 is 0. The third-order valence-corrected chi connectivity index (χ3v) is 2.71. The molecular formula is C9H18FN. The van der Waals surface area contributed by atoms with Gasteiger partial charge in [-0.25, -0.2) is 4.39 Å². The zero-order chi connectivity index (χ0) is 8.48. The predicted octanol–water partition coefficient (Wildman–Crippen LogP) is 2.22. The lowest BCUT2D eigenvalue weighted by molar-refractivity contribution is -0.00428. The van der Waals surface area contributed by atoms with E-state index in [9.17, 15) is 4.39 Å². The number of nitrogens with zero attached hydrogens (tertiary/aromatic N) is 1. The zero-order valence-corrected chi connectivity index (χ0v) is 7.73. The molecule has 0 aromatic heterocycles. The fourth-order valence-electron chi connectivity index (χ4n) is 1.42. The molecule has 1 saturated heterocycles. The Balaban J connectivity index is 2.28. The Labute approximate surface area is 68.6 Å². The molecule has 0 spiro atoms. The van der Waals surface area contributed by atoms with Crippen LogP contribution in [-0.4, -0.2) is 29.7 Å². The van der Waals surface area contributed by atoms with E-state index in [4.69, 9.17) is 0 Å². The van der Waals surface area contributed by atoms with Crippen LogP contribution in [0.4, 0.5) is 4.39 Å². The molecular weight excluding hydrogens is 141 g/mol. The Bertz CT molecular complexity index is 134. The molecule has 0 aromatic carbocycles. The first kappa shape index (κ1) is 8.98. The fraction of sp³-hybridized carbons (Fsp3) is 1.00. The number of hydrogen-bond acceptors (Lipinski definition) is 1. The van der Waals surface area contributed by atoms with Crippen LogP contribution in [-0.2, 0) is 0 Å². The van der Waals surface area contributed by atoms with Crippen molar-refractivity contribution in [1.29, 1.82) is 0 Å². The van der Waals surface area contributed by atoms with E-state index in [0.29, 0.717) is 13.0 Å². The lowest BCUT2D eigenvalue weighted by Gasteiger charge is -2.49. The SMILES string of the molecule is CCC(F)CN1CCC1(C)C. The van der Waals surface area contributed by atoms with Gasteiger partial charge in [-0.1, -0.05) is 6.92 Å². The van der Waals surface area contributed by atoms with Crippen molar-refractivity contribution in [2.75, 3.05) is 13.1 Å². The quantitative estimate of drug-likeness (QED) is 0.610. The Kier molecular flexibility index (Phi) is 2.53. The molecule has 0 saturated carbocycles. The summed E-state index contributed by atoms with van der Waals surface area (Å²) in [5, 5.41) is 0. The third-order valence-electron chi connectivity index (χ3n) is 2.71. The zero-order valence-electron chi connectivity index (χ0n) is 7.73. The Morgan fingerprint density at radius 3 is 2.45 bits per heavy atom. The minimum absolute atomic E-state index is 0.263. The van der Waals surface area contributed by atoms with Gasteiger partial charge in [0.2, 0.25) is 0 Å². The van der Waals surface area contributed by atoms with Gasteiger partial charge in [0.25, 0.3) is 0 Å². The van der Waals surface area contributed by atoms with Crippen LogP contribution in [0.2, 0.25) is 0 Å². The van der Waals surface area contributed by atoms with Crippen LogP contribution < -0.4 is 0 Å². The van der Waals surface area contributed by atoms with Gasteiger partial charge in [-0.15, -0.1) is 0 Å². The molecule has 11 heavy (non-hydrogen) atoms. The maximum atomic E-state index is 12.9. The normalized spacial score (nSPS) is 26.2. The molecule has 0 aliphatic carbocycles. The van der Waals surface area contributed by atoms with Gasteiger partial charge in [-0.05, 0) is 26.7 Å². The molecule has 1 fully saturated rings. The Morgan fingerprint density at radius 1 is 1.55 bits per heavy atom. The first-order chi connectivity index (χ1) is 5.06. The third kappa shape index (κ3) is 1.92. The minimum Gasteiger partial charge on any atom is -0.295 e. The topological polar surface area (TPSA) is 3.24 Å². The number of rotatable bonds is 3. The van der Waals surface area contributed by atoms with Crippen LogP contribution in [0.25, 0.3) is 0 Å². The monoisotopic (exact) mass is 159 g/mol. The highest BCUT2D eigenvalue weighted by Gasteiger charge is 2.36. The predicted molar refractivity (Wildman–Crippen MR) is 45.5 cm³/mol. The molecule has 0 aromatic rings. The van der Waals surface area contributed by atoms with Gasteiger partial charge in [-0.2, -0.15) is 0 Å². The average molecular weight is 159 g/mol. The molecule has 0 N–H and O–H groups in total. The van der Waals surface area contributed by atoms with Gasteiger partial charge in [0.05, 0.1) is 0 Å². The van der Waals surface area contributed by atoms with E-state index < -0.39 is 6.17 Å². The Morgan fingerprint density at radius 2 is 2.18 bits per heavy atom. The molecule has 1 aliphatic heterocycles. The molecule has 66 valence electrons. The van der Waals surface area contributed by atoms with Crippen molar-refractivity contribution < 1.29 is 4.39 Å². The van der Waals surface area contributed by atoms with Crippen molar-refractivity contribution in [3.8, 4) is 0 Å². The van der Waals surface area contributed by atoms with E-state index in [1.165, 1.54) is 6.42 Å². The van der Waals surface area contributed by atoms with Crippen molar-refractivity contribution in [3.63, 3.8) is 0 Å². The average Bonchev–Trinajstić information content (AvgIpc) is 1.98. The van der Waals surface area contributed by atoms with Gasteiger partial charge < -0.3 is 0 Å². The number of likely N-dealkylation sites (tertiary alicyclic amines) is 1. The highest BCUT2D eigenvalue weighted by atomic mass is 19.1. The summed E-state index contributed by atoms with van der Waals surface area (Å²) in [4.78, 5) is 2.22. The first-order valence-corrected chi connectivity index (χ1v) is 4.45. The largest absolute Gasteiger partial charge is 0.295 e. The van der Waals surface area contributed by atoms with Gasteiger partial charge in [0.1, 0.15) is 6.17 Å². The van der Waals surface area contributed by atoms with E-state index in [1.807, 2.05) is 6.92 Å². The number of alkyl halides is 1. The maximum absolute atomic E-state index is 12.9. The first-order valence-electron chi connectivity index (χ1n) is 4.45. The smallest absolute Gasteiger partial charge is 0.112 e. The second-order valence-electron chi connectivity index (χ2n) is 4.01. The van der Waals surface area contributed by atoms with Crippen molar-refractivity contribution in [2.24, 2.45) is 0 Å². The molecule has 1 aliphatic rings. The summed E-state index contributed by atoms with van der Waals surface area (Å²) in [5.41, 5.74) is 0.263. The van der Waals surface area contributed by atoms with Crippen LogP contribution in [0.1, 0.15) is 33.6 Å². The lowest BCUT2D eigenvalue weighted by Crippen LogP contribution is -2.57. The van der Waals surface area contributed by atoms with E-state index in [-0.39, 0.29) is 5.54 Å². The molecule has 1 unspecified atom stereocenters. The summed E-state index contributed by atoms with van der Waals surface area (Å²) in [5.74, 6) is 0. The van der Waals surface area contributed by atoms with E-state index in [2.05, 4.69) is 18.7 Å². The van der Waals surface area contributed by atoms with Crippen LogP contribution >= 0.6 is 0 Å². The lowest BCUT2D eigenvalue weighted by atomic mass is 9.88. The van der Waals surface area contributed by atoms with E-state index in [1.54, 1.807) is 0 Å². The highest BCUT2D eigenvalue weighted by Crippen LogP contribution is 2.29. The number of halogens is 1. The molecule has 1 atom stereocenters. The van der Waals surface area contributed by atoms with Gasteiger partial charge in [-0.3, -0.25) is 4.90 Å². The summed E-state index contributed by atoms with van der Waals surface area (Å²) in [6.07, 6.45) is 1.23. The molecule has 1 heterocycles. The summed E-state index contributed by atoms with van der Waals surface area (Å²) in [7, 11) is 0. The minimum atomic E-state index is -0.630. The second-order valence-corrected chi connectivity index (χ2v) is 4.01. The molecule has 2 heteroatoms. The van der Waals surface area contributed by atoms with Gasteiger partial charge in [0.15, 0.2) is 0 Å². The van der Waals surface area contributed by atoms with Crippen LogP contribution in [0.3, 0.4) is 0 Å². The fourth-order valence-corrected chi connectivity index (χ4v) is 1.42. The van der Waals surface area contributed by atoms with Crippen molar-refractivity contribution in [1.82, 2.24) is 4.90 Å². The van der Waals surface area contributed by atoms with Crippen LogP contribution in [0.15, 0.2) is 0 Å². The van der Waals surface area contributed by atoms with Crippen LogP contribution in [0.5, 0.6) is 0 Å². The van der Waals surface area contributed by atoms with Crippen molar-refractivity contribution in [2.45, 2.75) is 45.3 Å². The van der Waals surface area contributed by atoms with Gasteiger partial charge >= 0.3 is 0 Å². The molecule has 1 rings (SSSR count). The van der Waals surface area contributed by atoms with E-state index >= 15 is 0 Å². The summed E-state index contributed by atoms with van der Waals surface area (Å²) in [6, 6.07) is 0. The molecule has 1 nitrogen and oxygen atoms in total. The van der Waals surface area contributed by atoms with E-state index in [0.717, 1.165) is 6.54 Å². The second kappa shape index (κ2) is 3.10. The van der Waals surface area contributed by atoms with Crippen molar-refractivity contribution >= 4 is 0 Å². The van der Waals surface area contributed by atoms with Gasteiger partial charge in [0, 0.05) is 18.6 Å². The van der Waals surface area contributed by atoms with Crippen molar-refractivity contribution in [3.05, 3.63) is 0 Å². The molecule has 0 radical (unpaired) electrons. The summed E-state index contributed by atoms with van der Waals surface area (Å²) in [6.45, 7) is 7.96. The molecule has 0 bridgehead atoms. The standard InChI is InChI=1S/C9H18FN/c1-4-8(10)7-11-6-5-9(11,2)3/h8H,4-7H2,1-3H3. The molecule has 0 amide bonds. The maximum Gasteiger partial charge on any atom is 0.112 e. The Hall–Kier alpha value is -0.110. The summed E-state index contributed by atoms with van der Waals surface area (Å²) < 4.78 is 12.9. The van der Waals surface area contributed by atoms with Crippen LogP contribution in [0, 0.1) is 0 Å².